The van der Waals surface area contributed by atoms with Crippen molar-refractivity contribution in [1.29, 1.82) is 0 Å². The number of benzene rings is 1. The molecule has 0 saturated carbocycles. The third kappa shape index (κ3) is 3.14. The molecule has 0 aliphatic heterocycles. The topological polar surface area (TPSA) is 37.3 Å². The second-order valence-electron chi connectivity index (χ2n) is 2.63. The van der Waals surface area contributed by atoms with Crippen LogP contribution in [0.2, 0.25) is 0 Å². The van der Waals surface area contributed by atoms with Gasteiger partial charge < -0.3 is 5.11 Å². The molecule has 4 heteroatoms. The summed E-state index contributed by atoms with van der Waals surface area (Å²) in [7, 11) is 0. The number of carboxylic acids is 1. The van der Waals surface area contributed by atoms with Crippen molar-refractivity contribution in [3.8, 4) is 0 Å². The Bertz CT molecular complexity index is 325. The molecule has 0 heterocycles. The van der Waals surface area contributed by atoms with Crippen LogP contribution < -0.4 is 0 Å². The average Bonchev–Trinajstić information content (AvgIpc) is 2.02. The van der Waals surface area contributed by atoms with Gasteiger partial charge >= 0.3 is 5.97 Å². The minimum atomic E-state index is -0.915. The summed E-state index contributed by atoms with van der Waals surface area (Å²) in [5.74, 6) is -1.28. The molecule has 0 aliphatic carbocycles. The SMILES string of the molecule is O=C(O)CCc1ccc(Br)cc1F. The van der Waals surface area contributed by atoms with Crippen molar-refractivity contribution in [2.75, 3.05) is 0 Å². The van der Waals surface area contributed by atoms with Crippen LogP contribution in [0.25, 0.3) is 0 Å². The van der Waals surface area contributed by atoms with Gasteiger partial charge in [0.05, 0.1) is 0 Å². The van der Waals surface area contributed by atoms with Crippen LogP contribution in [0.15, 0.2) is 22.7 Å². The fourth-order valence-electron chi connectivity index (χ4n) is 0.966. The molecular formula is C9H8BrFO2. The fourth-order valence-corrected chi connectivity index (χ4v) is 1.30. The molecule has 0 unspecified atom stereocenters. The normalized spacial score (nSPS) is 10.0. The van der Waals surface area contributed by atoms with E-state index in [1.54, 1.807) is 12.1 Å². The van der Waals surface area contributed by atoms with E-state index in [0.717, 1.165) is 0 Å². The quantitative estimate of drug-likeness (QED) is 0.891. The summed E-state index contributed by atoms with van der Waals surface area (Å²) in [6.07, 6.45) is 0.187. The minimum absolute atomic E-state index is 0.0431. The zero-order valence-corrected chi connectivity index (χ0v) is 8.34. The number of aliphatic carboxylic acids is 1. The fraction of sp³-hybridized carbons (Fsp3) is 0.222. The molecule has 70 valence electrons. The lowest BCUT2D eigenvalue weighted by atomic mass is 10.1. The van der Waals surface area contributed by atoms with Crippen molar-refractivity contribution >= 4 is 21.9 Å². The molecule has 0 spiro atoms. The van der Waals surface area contributed by atoms with Gasteiger partial charge in [-0.1, -0.05) is 22.0 Å². The van der Waals surface area contributed by atoms with Gasteiger partial charge in [0.15, 0.2) is 0 Å². The maximum atomic E-state index is 13.1. The lowest BCUT2D eigenvalue weighted by molar-refractivity contribution is -0.136. The highest BCUT2D eigenvalue weighted by atomic mass is 79.9. The second kappa shape index (κ2) is 4.37. The Morgan fingerprint density at radius 2 is 2.23 bits per heavy atom. The molecule has 1 rings (SSSR count). The highest BCUT2D eigenvalue weighted by molar-refractivity contribution is 9.10. The van der Waals surface area contributed by atoms with E-state index in [1.807, 2.05) is 0 Å². The monoisotopic (exact) mass is 246 g/mol. The number of halogens is 2. The summed E-state index contributed by atoms with van der Waals surface area (Å²) in [4.78, 5) is 10.2. The standard InChI is InChI=1S/C9H8BrFO2/c10-7-3-1-6(8(11)5-7)2-4-9(12)13/h1,3,5H,2,4H2,(H,12,13). The van der Waals surface area contributed by atoms with Crippen molar-refractivity contribution in [3.05, 3.63) is 34.1 Å². The van der Waals surface area contributed by atoms with Crippen LogP contribution >= 0.6 is 15.9 Å². The first-order valence-corrected chi connectivity index (χ1v) is 4.54. The Balaban J connectivity index is 2.72. The number of carbonyl (C=O) groups is 1. The van der Waals surface area contributed by atoms with E-state index >= 15 is 0 Å². The van der Waals surface area contributed by atoms with Crippen LogP contribution in [0.4, 0.5) is 4.39 Å². The smallest absolute Gasteiger partial charge is 0.303 e. The van der Waals surface area contributed by atoms with Gasteiger partial charge in [0, 0.05) is 10.9 Å². The number of aryl methyl sites for hydroxylation is 1. The Kier molecular flexibility index (Phi) is 3.42. The Hall–Kier alpha value is -0.900. The van der Waals surface area contributed by atoms with Gasteiger partial charge in [0.1, 0.15) is 5.82 Å². The molecule has 0 amide bonds. The minimum Gasteiger partial charge on any atom is -0.481 e. The largest absolute Gasteiger partial charge is 0.481 e. The molecule has 1 N–H and O–H groups in total. The summed E-state index contributed by atoms with van der Waals surface area (Å²) >= 11 is 3.12. The van der Waals surface area contributed by atoms with Crippen molar-refractivity contribution in [2.24, 2.45) is 0 Å². The average molecular weight is 247 g/mol. The first-order chi connectivity index (χ1) is 6.09. The first-order valence-electron chi connectivity index (χ1n) is 3.75. The van der Waals surface area contributed by atoms with Gasteiger partial charge in [-0.2, -0.15) is 0 Å². The maximum Gasteiger partial charge on any atom is 0.303 e. The highest BCUT2D eigenvalue weighted by Gasteiger charge is 2.04. The van der Waals surface area contributed by atoms with E-state index < -0.39 is 5.97 Å². The highest BCUT2D eigenvalue weighted by Crippen LogP contribution is 2.16. The molecule has 1 aromatic carbocycles. The molecule has 0 atom stereocenters. The molecule has 0 aromatic heterocycles. The van der Waals surface area contributed by atoms with Gasteiger partial charge in [0.2, 0.25) is 0 Å². The van der Waals surface area contributed by atoms with E-state index in [-0.39, 0.29) is 18.7 Å². The Labute approximate surface area is 83.5 Å². The molecular weight excluding hydrogens is 239 g/mol. The molecule has 0 fully saturated rings. The van der Waals surface area contributed by atoms with Crippen molar-refractivity contribution in [3.63, 3.8) is 0 Å². The van der Waals surface area contributed by atoms with Gasteiger partial charge in [0.25, 0.3) is 0 Å². The Morgan fingerprint density at radius 3 is 2.77 bits per heavy atom. The van der Waals surface area contributed by atoms with Crippen LogP contribution in [0, 0.1) is 5.82 Å². The van der Waals surface area contributed by atoms with E-state index in [4.69, 9.17) is 5.11 Å². The summed E-state index contributed by atoms with van der Waals surface area (Å²) in [5.41, 5.74) is 0.436. The predicted octanol–water partition coefficient (Wildman–Crippen LogP) is 2.61. The third-order valence-electron chi connectivity index (χ3n) is 1.62. The molecule has 13 heavy (non-hydrogen) atoms. The molecule has 0 bridgehead atoms. The Morgan fingerprint density at radius 1 is 1.54 bits per heavy atom. The second-order valence-corrected chi connectivity index (χ2v) is 3.55. The zero-order chi connectivity index (χ0) is 9.84. The van der Waals surface area contributed by atoms with E-state index in [1.165, 1.54) is 6.07 Å². The molecule has 1 aromatic rings. The van der Waals surface area contributed by atoms with Gasteiger partial charge in [-0.25, -0.2) is 4.39 Å². The van der Waals surface area contributed by atoms with Crippen LogP contribution in [0.5, 0.6) is 0 Å². The number of hydrogen-bond donors (Lipinski definition) is 1. The van der Waals surface area contributed by atoms with E-state index in [2.05, 4.69) is 15.9 Å². The maximum absolute atomic E-state index is 13.1. The lowest BCUT2D eigenvalue weighted by Gasteiger charge is -2.00. The summed E-state index contributed by atoms with van der Waals surface area (Å²) in [6, 6.07) is 4.61. The lowest BCUT2D eigenvalue weighted by Crippen LogP contribution is -1.99. The molecule has 0 aliphatic rings. The summed E-state index contributed by atoms with van der Waals surface area (Å²) < 4.78 is 13.7. The van der Waals surface area contributed by atoms with Crippen LogP contribution in [-0.4, -0.2) is 11.1 Å². The van der Waals surface area contributed by atoms with Crippen molar-refractivity contribution < 1.29 is 14.3 Å². The number of hydrogen-bond acceptors (Lipinski definition) is 1. The van der Waals surface area contributed by atoms with E-state index in [9.17, 15) is 9.18 Å². The first kappa shape index (κ1) is 10.2. The zero-order valence-electron chi connectivity index (χ0n) is 6.76. The molecule has 2 nitrogen and oxygen atoms in total. The van der Waals surface area contributed by atoms with Gasteiger partial charge in [-0.3, -0.25) is 4.79 Å². The molecule has 0 saturated heterocycles. The van der Waals surface area contributed by atoms with Crippen LogP contribution in [0.1, 0.15) is 12.0 Å². The van der Waals surface area contributed by atoms with Crippen LogP contribution in [-0.2, 0) is 11.2 Å². The van der Waals surface area contributed by atoms with Gasteiger partial charge in [-0.15, -0.1) is 0 Å². The predicted molar refractivity (Wildman–Crippen MR) is 50.1 cm³/mol. The van der Waals surface area contributed by atoms with Crippen LogP contribution in [0.3, 0.4) is 0 Å². The molecule has 0 radical (unpaired) electrons. The van der Waals surface area contributed by atoms with Crippen molar-refractivity contribution in [2.45, 2.75) is 12.8 Å². The third-order valence-corrected chi connectivity index (χ3v) is 2.12. The van der Waals surface area contributed by atoms with Crippen molar-refractivity contribution in [1.82, 2.24) is 0 Å². The number of rotatable bonds is 3. The van der Waals surface area contributed by atoms with Gasteiger partial charge in [-0.05, 0) is 24.1 Å². The summed E-state index contributed by atoms with van der Waals surface area (Å²) in [6.45, 7) is 0. The van der Waals surface area contributed by atoms with E-state index in [0.29, 0.717) is 10.0 Å². The number of carboxylic acid groups (broad SMARTS) is 1. The summed E-state index contributed by atoms with van der Waals surface area (Å²) in [5, 5.41) is 8.39.